The number of nitrogens with zero attached hydrogens (tertiary/aromatic N) is 3. The predicted octanol–water partition coefficient (Wildman–Crippen LogP) is 3.88. The molecule has 3 rings (SSSR count). The summed E-state index contributed by atoms with van der Waals surface area (Å²) in [6, 6.07) is 16.6. The molecule has 0 bridgehead atoms. The van der Waals surface area contributed by atoms with Gasteiger partial charge >= 0.3 is 0 Å². The number of carbonyl (C=O) groups excluding carboxylic acids is 1. The average molecular weight is 383 g/mol. The first kappa shape index (κ1) is 18.7. The van der Waals surface area contributed by atoms with E-state index in [1.807, 2.05) is 48.3 Å². The van der Waals surface area contributed by atoms with Crippen LogP contribution in [0.4, 0.5) is 11.5 Å². The maximum absolute atomic E-state index is 12.3. The molecule has 2 aromatic carbocycles. The molecule has 1 amide bonds. The van der Waals surface area contributed by atoms with Crippen LogP contribution in [0.5, 0.6) is 5.75 Å². The number of likely N-dealkylation sites (N-methyl/N-ethyl adjacent to an activating group) is 1. The third-order valence-corrected chi connectivity index (χ3v) is 4.22. The molecule has 1 aromatic heterocycles. The van der Waals surface area contributed by atoms with Crippen molar-refractivity contribution in [2.24, 2.45) is 0 Å². The molecule has 0 saturated heterocycles. The predicted molar refractivity (Wildman–Crippen MR) is 107 cm³/mol. The lowest BCUT2D eigenvalue weighted by Gasteiger charge is -2.18. The standard InChI is InChI=1S/C20H19ClN4O2/c1-25(16-7-5-15(21)6-8-16)12-20(26)24-19-11-18(22-13-23-19)14-3-9-17(27-2)10-4-14/h3-11,13H,12H2,1-2H3,(H,22,23,24,26). The van der Waals surface area contributed by atoms with Crippen molar-refractivity contribution in [3.63, 3.8) is 0 Å². The van der Waals surface area contributed by atoms with Crippen molar-refractivity contribution < 1.29 is 9.53 Å². The lowest BCUT2D eigenvalue weighted by molar-refractivity contribution is -0.114. The fraction of sp³-hybridized carbons (Fsp3) is 0.150. The van der Waals surface area contributed by atoms with Crippen LogP contribution in [0.15, 0.2) is 60.9 Å². The van der Waals surface area contributed by atoms with Crippen molar-refractivity contribution in [2.45, 2.75) is 0 Å². The third kappa shape index (κ3) is 4.95. The zero-order valence-corrected chi connectivity index (χ0v) is 15.8. The van der Waals surface area contributed by atoms with Crippen LogP contribution >= 0.6 is 11.6 Å². The van der Waals surface area contributed by atoms with Crippen LogP contribution in [-0.2, 0) is 4.79 Å². The van der Waals surface area contributed by atoms with Gasteiger partial charge in [-0.1, -0.05) is 11.6 Å². The first-order chi connectivity index (χ1) is 13.0. The molecule has 1 heterocycles. The number of rotatable bonds is 6. The quantitative estimate of drug-likeness (QED) is 0.700. The number of anilines is 2. The zero-order chi connectivity index (χ0) is 19.2. The Morgan fingerprint density at radius 2 is 1.81 bits per heavy atom. The van der Waals surface area contributed by atoms with Crippen LogP contribution < -0.4 is 15.0 Å². The summed E-state index contributed by atoms with van der Waals surface area (Å²) in [5.41, 5.74) is 2.53. The fourth-order valence-electron chi connectivity index (χ4n) is 2.53. The molecular weight excluding hydrogens is 364 g/mol. The van der Waals surface area contributed by atoms with E-state index in [1.165, 1.54) is 6.33 Å². The number of hydrogen-bond donors (Lipinski definition) is 1. The number of hydrogen-bond acceptors (Lipinski definition) is 5. The number of methoxy groups -OCH3 is 1. The second-order valence-corrected chi connectivity index (χ2v) is 6.33. The minimum atomic E-state index is -0.174. The van der Waals surface area contributed by atoms with E-state index < -0.39 is 0 Å². The lowest BCUT2D eigenvalue weighted by atomic mass is 10.1. The minimum Gasteiger partial charge on any atom is -0.497 e. The Bertz CT molecular complexity index is 914. The summed E-state index contributed by atoms with van der Waals surface area (Å²) in [5, 5.41) is 3.46. The van der Waals surface area contributed by atoms with Gasteiger partial charge in [-0.3, -0.25) is 4.79 Å². The van der Waals surface area contributed by atoms with E-state index in [9.17, 15) is 4.79 Å². The molecular formula is C20H19ClN4O2. The second-order valence-electron chi connectivity index (χ2n) is 5.90. The summed E-state index contributed by atoms with van der Waals surface area (Å²) >= 11 is 5.89. The van der Waals surface area contributed by atoms with Gasteiger partial charge in [0.15, 0.2) is 0 Å². The molecule has 7 heteroatoms. The highest BCUT2D eigenvalue weighted by atomic mass is 35.5. The molecule has 1 N–H and O–H groups in total. The molecule has 0 saturated carbocycles. The Hall–Kier alpha value is -3.12. The van der Waals surface area contributed by atoms with Crippen molar-refractivity contribution in [1.82, 2.24) is 9.97 Å². The number of nitrogens with one attached hydrogen (secondary N) is 1. The second kappa shape index (κ2) is 8.51. The van der Waals surface area contributed by atoms with Crippen LogP contribution in [0.1, 0.15) is 0 Å². The third-order valence-electron chi connectivity index (χ3n) is 3.97. The SMILES string of the molecule is COc1ccc(-c2cc(NC(=O)CN(C)c3ccc(Cl)cc3)ncn2)cc1. The smallest absolute Gasteiger partial charge is 0.245 e. The highest BCUT2D eigenvalue weighted by Crippen LogP contribution is 2.22. The highest BCUT2D eigenvalue weighted by molar-refractivity contribution is 6.30. The van der Waals surface area contributed by atoms with E-state index in [-0.39, 0.29) is 12.5 Å². The summed E-state index contributed by atoms with van der Waals surface area (Å²) in [6.45, 7) is 0.184. The molecule has 3 aromatic rings. The Morgan fingerprint density at radius 3 is 2.48 bits per heavy atom. The van der Waals surface area contributed by atoms with E-state index in [0.717, 1.165) is 17.0 Å². The Balaban J connectivity index is 1.66. The summed E-state index contributed by atoms with van der Waals surface area (Å²) in [7, 11) is 3.46. The average Bonchev–Trinajstić information content (AvgIpc) is 2.68. The first-order valence-corrected chi connectivity index (χ1v) is 8.66. The van der Waals surface area contributed by atoms with Gasteiger partial charge in [0.2, 0.25) is 5.91 Å². The summed E-state index contributed by atoms with van der Waals surface area (Å²) in [6.07, 6.45) is 1.43. The van der Waals surface area contributed by atoms with E-state index >= 15 is 0 Å². The van der Waals surface area contributed by atoms with Crippen LogP contribution in [0, 0.1) is 0 Å². The van der Waals surface area contributed by atoms with E-state index in [4.69, 9.17) is 16.3 Å². The highest BCUT2D eigenvalue weighted by Gasteiger charge is 2.10. The monoisotopic (exact) mass is 382 g/mol. The number of ether oxygens (including phenoxy) is 1. The van der Waals surface area contributed by atoms with E-state index in [1.54, 1.807) is 25.3 Å². The largest absolute Gasteiger partial charge is 0.497 e. The van der Waals surface area contributed by atoms with Gasteiger partial charge < -0.3 is 15.0 Å². The molecule has 0 aliphatic rings. The van der Waals surface area contributed by atoms with Crippen molar-refractivity contribution in [2.75, 3.05) is 30.9 Å². The molecule has 138 valence electrons. The van der Waals surface area contributed by atoms with Gasteiger partial charge in [-0.25, -0.2) is 9.97 Å². The van der Waals surface area contributed by atoms with Gasteiger partial charge in [-0.2, -0.15) is 0 Å². The van der Waals surface area contributed by atoms with Crippen molar-refractivity contribution in [3.05, 3.63) is 65.9 Å². The summed E-state index contributed by atoms with van der Waals surface area (Å²) < 4.78 is 5.16. The van der Waals surface area contributed by atoms with Crippen LogP contribution in [0.2, 0.25) is 5.02 Å². The Kier molecular flexibility index (Phi) is 5.88. The van der Waals surface area contributed by atoms with Crippen LogP contribution in [0.3, 0.4) is 0 Å². The van der Waals surface area contributed by atoms with E-state index in [2.05, 4.69) is 15.3 Å². The maximum Gasteiger partial charge on any atom is 0.245 e. The topological polar surface area (TPSA) is 67.3 Å². The molecule has 0 spiro atoms. The fourth-order valence-corrected chi connectivity index (χ4v) is 2.66. The first-order valence-electron chi connectivity index (χ1n) is 8.28. The summed E-state index contributed by atoms with van der Waals surface area (Å²) in [4.78, 5) is 22.6. The van der Waals surface area contributed by atoms with Crippen molar-refractivity contribution in [1.29, 1.82) is 0 Å². The van der Waals surface area contributed by atoms with Gasteiger partial charge in [-0.15, -0.1) is 0 Å². The van der Waals surface area contributed by atoms with Crippen molar-refractivity contribution in [3.8, 4) is 17.0 Å². The number of aromatic nitrogens is 2. The number of halogens is 1. The Morgan fingerprint density at radius 1 is 1.11 bits per heavy atom. The molecule has 0 atom stereocenters. The van der Waals surface area contributed by atoms with Gasteiger partial charge in [-0.05, 0) is 48.5 Å². The van der Waals surface area contributed by atoms with Crippen molar-refractivity contribution >= 4 is 29.0 Å². The van der Waals surface area contributed by atoms with Gasteiger partial charge in [0.25, 0.3) is 0 Å². The molecule has 0 aliphatic heterocycles. The molecule has 0 aliphatic carbocycles. The van der Waals surface area contributed by atoms with Gasteiger partial charge in [0.05, 0.1) is 19.3 Å². The zero-order valence-electron chi connectivity index (χ0n) is 15.0. The molecule has 0 unspecified atom stereocenters. The number of carbonyl (C=O) groups is 1. The summed E-state index contributed by atoms with van der Waals surface area (Å²) in [5.74, 6) is 1.05. The maximum atomic E-state index is 12.3. The van der Waals surface area contributed by atoms with Gasteiger partial charge in [0, 0.05) is 29.4 Å². The molecule has 0 radical (unpaired) electrons. The Labute approximate surface area is 162 Å². The number of amides is 1. The normalized spacial score (nSPS) is 10.3. The lowest BCUT2D eigenvalue weighted by Crippen LogP contribution is -2.30. The molecule has 0 fully saturated rings. The van der Waals surface area contributed by atoms with Gasteiger partial charge in [0.1, 0.15) is 17.9 Å². The number of benzene rings is 2. The van der Waals surface area contributed by atoms with Crippen LogP contribution in [0.25, 0.3) is 11.3 Å². The van der Waals surface area contributed by atoms with E-state index in [0.29, 0.717) is 16.5 Å². The minimum absolute atomic E-state index is 0.174. The molecule has 27 heavy (non-hydrogen) atoms. The molecule has 6 nitrogen and oxygen atoms in total. The van der Waals surface area contributed by atoms with Crippen LogP contribution in [-0.4, -0.2) is 36.6 Å².